The van der Waals surface area contributed by atoms with Crippen LogP contribution in [-0.4, -0.2) is 47.6 Å². The molecule has 1 aliphatic heterocycles. The van der Waals surface area contributed by atoms with Crippen molar-refractivity contribution in [2.45, 2.75) is 31.9 Å². The number of likely N-dealkylation sites (tertiary alicyclic amines) is 1. The number of amides is 2. The maximum atomic E-state index is 13.8. The number of aliphatic hydroxyl groups excluding tert-OH is 1. The number of carbonyl (C=O) groups is 2. The number of hydrogen-bond acceptors (Lipinski definition) is 4. The zero-order valence-electron chi connectivity index (χ0n) is 16.6. The van der Waals surface area contributed by atoms with Gasteiger partial charge in [-0.25, -0.2) is 8.78 Å². The highest BCUT2D eigenvalue weighted by Crippen LogP contribution is 2.26. The number of nitrogens with one attached hydrogen (secondary N) is 1. The van der Waals surface area contributed by atoms with Gasteiger partial charge in [0.25, 0.3) is 5.91 Å². The van der Waals surface area contributed by atoms with Gasteiger partial charge in [-0.15, -0.1) is 0 Å². The van der Waals surface area contributed by atoms with Crippen molar-refractivity contribution in [3.8, 4) is 5.75 Å². The van der Waals surface area contributed by atoms with Gasteiger partial charge in [0.2, 0.25) is 5.91 Å². The quantitative estimate of drug-likeness (QED) is 0.725. The molecular weight excluding hydrogens is 394 g/mol. The van der Waals surface area contributed by atoms with E-state index in [0.29, 0.717) is 43.4 Å². The van der Waals surface area contributed by atoms with Gasteiger partial charge in [-0.3, -0.25) is 9.59 Å². The fraction of sp³-hybridized carbons (Fsp3) is 0.364. The highest BCUT2D eigenvalue weighted by Gasteiger charge is 2.35. The van der Waals surface area contributed by atoms with Crippen molar-refractivity contribution in [3.05, 3.63) is 65.2 Å². The predicted molar refractivity (Wildman–Crippen MR) is 106 cm³/mol. The summed E-state index contributed by atoms with van der Waals surface area (Å²) >= 11 is 0. The molecule has 1 fully saturated rings. The lowest BCUT2D eigenvalue weighted by molar-refractivity contribution is -0.125. The molecule has 0 spiro atoms. The Labute approximate surface area is 173 Å². The summed E-state index contributed by atoms with van der Waals surface area (Å²) < 4.78 is 32.3. The largest absolute Gasteiger partial charge is 0.493 e. The first-order valence-electron chi connectivity index (χ1n) is 9.86. The van der Waals surface area contributed by atoms with Crippen LogP contribution in [0.2, 0.25) is 0 Å². The molecule has 1 aliphatic rings. The smallest absolute Gasteiger partial charge is 0.258 e. The number of aliphatic hydroxyl groups is 1. The summed E-state index contributed by atoms with van der Waals surface area (Å²) in [7, 11) is 0. The van der Waals surface area contributed by atoms with E-state index in [0.717, 1.165) is 12.1 Å². The molecule has 2 aromatic rings. The summed E-state index contributed by atoms with van der Waals surface area (Å²) in [5.41, 5.74) is 0.272. The monoisotopic (exact) mass is 418 g/mol. The minimum Gasteiger partial charge on any atom is -0.493 e. The van der Waals surface area contributed by atoms with Crippen molar-refractivity contribution in [1.29, 1.82) is 0 Å². The molecular formula is C22H24F2N2O4. The molecule has 2 unspecified atom stereocenters. The minimum atomic E-state index is -1.33. The second-order valence-corrected chi connectivity index (χ2v) is 7.01. The van der Waals surface area contributed by atoms with Crippen molar-refractivity contribution in [2.75, 3.05) is 19.7 Å². The molecule has 8 heteroatoms. The molecule has 160 valence electrons. The molecule has 6 nitrogen and oxygen atoms in total. The topological polar surface area (TPSA) is 78.9 Å². The van der Waals surface area contributed by atoms with E-state index in [1.54, 1.807) is 24.3 Å². The van der Waals surface area contributed by atoms with Crippen LogP contribution >= 0.6 is 0 Å². The number of para-hydroxylation sites is 1. The summed E-state index contributed by atoms with van der Waals surface area (Å²) in [4.78, 5) is 27.2. The van der Waals surface area contributed by atoms with Crippen LogP contribution in [0.5, 0.6) is 5.75 Å². The summed E-state index contributed by atoms with van der Waals surface area (Å²) in [5.74, 6) is -1.92. The number of halogens is 2. The number of nitrogens with zero attached hydrogens (tertiary/aromatic N) is 1. The Morgan fingerprint density at radius 2 is 2.03 bits per heavy atom. The van der Waals surface area contributed by atoms with Crippen LogP contribution in [0, 0.1) is 11.6 Å². The third-order valence-corrected chi connectivity index (χ3v) is 5.02. The highest BCUT2D eigenvalue weighted by molar-refractivity contribution is 6.00. The second kappa shape index (κ2) is 9.67. The molecule has 30 heavy (non-hydrogen) atoms. The van der Waals surface area contributed by atoms with Crippen LogP contribution in [0.25, 0.3) is 0 Å². The van der Waals surface area contributed by atoms with Gasteiger partial charge in [0, 0.05) is 24.7 Å². The van der Waals surface area contributed by atoms with Crippen molar-refractivity contribution in [1.82, 2.24) is 10.2 Å². The average molecular weight is 418 g/mol. The molecule has 2 atom stereocenters. The maximum absolute atomic E-state index is 13.8. The molecule has 3 rings (SSSR count). The molecule has 1 heterocycles. The van der Waals surface area contributed by atoms with E-state index in [2.05, 4.69) is 5.32 Å². The Bertz CT molecular complexity index is 922. The van der Waals surface area contributed by atoms with Gasteiger partial charge in [0.05, 0.1) is 18.3 Å². The van der Waals surface area contributed by atoms with Crippen LogP contribution in [0.15, 0.2) is 42.5 Å². The SMILES string of the molecule is CCOc1ccccc1C(=O)N1CCCC1C(=O)NCC(O)c1ccc(F)cc1F. The lowest BCUT2D eigenvalue weighted by Crippen LogP contribution is -2.46. The van der Waals surface area contributed by atoms with Crippen LogP contribution in [0.3, 0.4) is 0 Å². The standard InChI is InChI=1S/C22H24F2N2O4/c1-2-30-20-8-4-3-6-16(20)22(29)26-11-5-7-18(26)21(28)25-13-19(27)15-10-9-14(23)12-17(15)24/h3-4,6,8-10,12,18-19,27H,2,5,7,11,13H2,1H3,(H,25,28). The van der Waals surface area contributed by atoms with Gasteiger partial charge in [-0.2, -0.15) is 0 Å². The molecule has 2 amide bonds. The van der Waals surface area contributed by atoms with Crippen LogP contribution in [-0.2, 0) is 4.79 Å². The molecule has 2 N–H and O–H groups in total. The van der Waals surface area contributed by atoms with Crippen molar-refractivity contribution >= 4 is 11.8 Å². The Morgan fingerprint density at radius 3 is 2.77 bits per heavy atom. The van der Waals surface area contributed by atoms with E-state index in [-0.39, 0.29) is 18.0 Å². The number of hydrogen-bond donors (Lipinski definition) is 2. The molecule has 1 saturated heterocycles. The maximum Gasteiger partial charge on any atom is 0.258 e. The predicted octanol–water partition coefficient (Wildman–Crippen LogP) is 2.82. The molecule has 0 bridgehead atoms. The van der Waals surface area contributed by atoms with Gasteiger partial charge >= 0.3 is 0 Å². The van der Waals surface area contributed by atoms with E-state index >= 15 is 0 Å². The zero-order valence-corrected chi connectivity index (χ0v) is 16.6. The Balaban J connectivity index is 1.66. The van der Waals surface area contributed by atoms with Crippen LogP contribution in [0.4, 0.5) is 8.78 Å². The fourth-order valence-electron chi connectivity index (χ4n) is 3.56. The third-order valence-electron chi connectivity index (χ3n) is 5.02. The van der Waals surface area contributed by atoms with Crippen molar-refractivity contribution < 1.29 is 28.2 Å². The second-order valence-electron chi connectivity index (χ2n) is 7.01. The van der Waals surface area contributed by atoms with Crippen LogP contribution < -0.4 is 10.1 Å². The van der Waals surface area contributed by atoms with E-state index in [9.17, 15) is 23.5 Å². The van der Waals surface area contributed by atoms with Gasteiger partial charge < -0.3 is 20.1 Å². The molecule has 0 aliphatic carbocycles. The summed E-state index contributed by atoms with van der Waals surface area (Å²) in [5, 5.41) is 12.7. The number of benzene rings is 2. The first-order chi connectivity index (χ1) is 14.4. The lowest BCUT2D eigenvalue weighted by atomic mass is 10.1. The summed E-state index contributed by atoms with van der Waals surface area (Å²) in [6.07, 6.45) is -0.190. The highest BCUT2D eigenvalue weighted by atomic mass is 19.1. The minimum absolute atomic E-state index is 0.110. The van der Waals surface area contributed by atoms with E-state index in [1.807, 2.05) is 6.92 Å². The Hall–Kier alpha value is -3.00. The fourth-order valence-corrected chi connectivity index (χ4v) is 3.56. The lowest BCUT2D eigenvalue weighted by Gasteiger charge is -2.25. The summed E-state index contributed by atoms with van der Waals surface area (Å²) in [6, 6.07) is 9.01. The normalized spacial score (nSPS) is 16.9. The molecule has 0 radical (unpaired) electrons. The van der Waals surface area contributed by atoms with Gasteiger partial charge in [0.1, 0.15) is 23.4 Å². The molecule has 0 saturated carbocycles. The number of ether oxygens (including phenoxy) is 1. The van der Waals surface area contributed by atoms with Gasteiger partial charge in [0.15, 0.2) is 0 Å². The van der Waals surface area contributed by atoms with Crippen molar-refractivity contribution in [3.63, 3.8) is 0 Å². The number of rotatable bonds is 7. The third kappa shape index (κ3) is 4.76. The van der Waals surface area contributed by atoms with E-state index < -0.39 is 29.7 Å². The van der Waals surface area contributed by atoms with Crippen LogP contribution in [0.1, 0.15) is 41.8 Å². The zero-order chi connectivity index (χ0) is 21.7. The van der Waals surface area contributed by atoms with E-state index in [4.69, 9.17) is 4.74 Å². The van der Waals surface area contributed by atoms with Gasteiger partial charge in [-0.1, -0.05) is 18.2 Å². The van der Waals surface area contributed by atoms with Crippen molar-refractivity contribution in [2.24, 2.45) is 0 Å². The Kier molecular flexibility index (Phi) is 6.99. The number of carbonyl (C=O) groups excluding carboxylic acids is 2. The average Bonchev–Trinajstić information content (AvgIpc) is 3.22. The molecule has 0 aromatic heterocycles. The summed E-state index contributed by atoms with van der Waals surface area (Å²) in [6.45, 7) is 2.40. The van der Waals surface area contributed by atoms with Gasteiger partial charge in [-0.05, 0) is 38.0 Å². The molecule has 2 aromatic carbocycles. The first-order valence-corrected chi connectivity index (χ1v) is 9.86. The van der Waals surface area contributed by atoms with E-state index in [1.165, 1.54) is 4.90 Å². The first kappa shape index (κ1) is 21.7. The Morgan fingerprint density at radius 1 is 1.27 bits per heavy atom.